The predicted molar refractivity (Wildman–Crippen MR) is 85.0 cm³/mol. The van der Waals surface area contributed by atoms with Crippen molar-refractivity contribution in [3.8, 4) is 5.75 Å². The van der Waals surface area contributed by atoms with Gasteiger partial charge in [0.05, 0.1) is 7.11 Å². The lowest BCUT2D eigenvalue weighted by Crippen LogP contribution is -2.40. The molecule has 0 atom stereocenters. The van der Waals surface area contributed by atoms with Crippen molar-refractivity contribution in [1.29, 1.82) is 0 Å². The van der Waals surface area contributed by atoms with Gasteiger partial charge in [0.1, 0.15) is 12.1 Å². The number of carbonyl (C=O) groups is 1. The third-order valence-corrected chi connectivity index (χ3v) is 4.29. The summed E-state index contributed by atoms with van der Waals surface area (Å²) < 4.78 is 6.74. The molecule has 0 aliphatic carbocycles. The highest BCUT2D eigenvalue weighted by Gasteiger charge is 2.25. The Morgan fingerprint density at radius 3 is 2.70 bits per heavy atom. The molecule has 3 rings (SSSR count). The summed E-state index contributed by atoms with van der Waals surface area (Å²) in [5.74, 6) is 0.476. The molecule has 1 amide bonds. The maximum Gasteiger partial charge on any atom is 0.343 e. The van der Waals surface area contributed by atoms with Gasteiger partial charge in [-0.25, -0.2) is 9.89 Å². The molecule has 0 unspecified atom stereocenters. The number of ether oxygens (including phenoxy) is 1. The van der Waals surface area contributed by atoms with Crippen LogP contribution in [0.15, 0.2) is 29.3 Å². The lowest BCUT2D eigenvalue weighted by atomic mass is 10.0. The van der Waals surface area contributed by atoms with Gasteiger partial charge in [-0.1, -0.05) is 11.6 Å². The predicted octanol–water partition coefficient (Wildman–Crippen LogP) is 1.71. The van der Waals surface area contributed by atoms with Gasteiger partial charge < -0.3 is 9.64 Å². The van der Waals surface area contributed by atoms with Gasteiger partial charge in [-0.3, -0.25) is 9.36 Å². The Morgan fingerprint density at radius 2 is 2.09 bits per heavy atom. The smallest absolute Gasteiger partial charge is 0.343 e. The molecule has 1 aliphatic heterocycles. The van der Waals surface area contributed by atoms with Crippen LogP contribution >= 0.6 is 11.6 Å². The number of methoxy groups -OCH3 is 1. The number of aromatic amines is 1. The average Bonchev–Trinajstić information content (AvgIpc) is 2.99. The van der Waals surface area contributed by atoms with E-state index in [1.807, 2.05) is 0 Å². The van der Waals surface area contributed by atoms with Crippen LogP contribution in [0.25, 0.3) is 0 Å². The molecule has 1 aromatic carbocycles. The summed E-state index contributed by atoms with van der Waals surface area (Å²) >= 11 is 6.02. The molecular weight excluding hydrogens is 320 g/mol. The van der Waals surface area contributed by atoms with Crippen molar-refractivity contribution in [2.45, 2.75) is 18.9 Å². The number of halogens is 1. The Balaban J connectivity index is 1.70. The van der Waals surface area contributed by atoms with Crippen molar-refractivity contribution in [2.24, 2.45) is 0 Å². The minimum atomic E-state index is -0.214. The van der Waals surface area contributed by atoms with Crippen molar-refractivity contribution in [1.82, 2.24) is 19.7 Å². The van der Waals surface area contributed by atoms with E-state index >= 15 is 0 Å². The Kier molecular flexibility index (Phi) is 4.38. The second kappa shape index (κ2) is 6.45. The van der Waals surface area contributed by atoms with E-state index in [9.17, 15) is 9.59 Å². The minimum Gasteiger partial charge on any atom is -0.497 e. The molecule has 23 heavy (non-hydrogen) atoms. The molecule has 1 saturated heterocycles. The number of likely N-dealkylation sites (tertiary alicyclic amines) is 1. The molecule has 2 heterocycles. The molecule has 0 saturated carbocycles. The highest BCUT2D eigenvalue weighted by molar-refractivity contribution is 6.31. The van der Waals surface area contributed by atoms with Crippen LogP contribution in [0.2, 0.25) is 5.02 Å². The molecule has 1 fully saturated rings. The number of aromatic nitrogens is 3. The Labute approximate surface area is 137 Å². The Hall–Kier alpha value is -2.28. The van der Waals surface area contributed by atoms with Gasteiger partial charge in [0, 0.05) is 29.7 Å². The van der Waals surface area contributed by atoms with E-state index in [4.69, 9.17) is 16.3 Å². The molecule has 1 aromatic heterocycles. The standard InChI is InChI=1S/C15H17ClN4O3/c1-23-13-7-10(6-11(16)8-13)14(21)19-4-2-12(3-5-19)20-9-17-18-15(20)22/h6-9,12H,2-5H2,1H3,(H,18,22). The number of hydrogen-bond acceptors (Lipinski definition) is 4. The fourth-order valence-corrected chi connectivity index (χ4v) is 3.08. The van der Waals surface area contributed by atoms with Crippen LogP contribution in [0.5, 0.6) is 5.75 Å². The number of nitrogens with zero attached hydrogens (tertiary/aromatic N) is 3. The topological polar surface area (TPSA) is 80.2 Å². The van der Waals surface area contributed by atoms with Crippen LogP contribution in [-0.4, -0.2) is 45.8 Å². The zero-order valence-electron chi connectivity index (χ0n) is 12.7. The van der Waals surface area contributed by atoms with Crippen LogP contribution in [-0.2, 0) is 0 Å². The average molecular weight is 337 g/mol. The summed E-state index contributed by atoms with van der Waals surface area (Å²) in [4.78, 5) is 26.0. The number of piperidine rings is 1. The molecular formula is C15H17ClN4O3. The number of nitrogens with one attached hydrogen (secondary N) is 1. The maximum absolute atomic E-state index is 12.6. The van der Waals surface area contributed by atoms with Gasteiger partial charge in [-0.15, -0.1) is 0 Å². The van der Waals surface area contributed by atoms with E-state index in [1.165, 1.54) is 13.4 Å². The number of rotatable bonds is 3. The highest BCUT2D eigenvalue weighted by atomic mass is 35.5. The normalized spacial score (nSPS) is 15.7. The first-order chi connectivity index (χ1) is 11.1. The van der Waals surface area contributed by atoms with Crippen LogP contribution in [0.1, 0.15) is 29.2 Å². The van der Waals surface area contributed by atoms with Gasteiger partial charge in [-0.2, -0.15) is 5.10 Å². The van der Waals surface area contributed by atoms with Crippen LogP contribution in [0.4, 0.5) is 0 Å². The van der Waals surface area contributed by atoms with Gasteiger partial charge in [0.25, 0.3) is 5.91 Å². The maximum atomic E-state index is 12.6. The third kappa shape index (κ3) is 3.24. The van der Waals surface area contributed by atoms with Crippen molar-refractivity contribution in [2.75, 3.05) is 20.2 Å². The molecule has 0 bridgehead atoms. The molecule has 122 valence electrons. The van der Waals surface area contributed by atoms with Gasteiger partial charge in [0.2, 0.25) is 0 Å². The second-order valence-corrected chi connectivity index (χ2v) is 5.91. The minimum absolute atomic E-state index is 0.0687. The molecule has 1 aliphatic rings. The first kappa shape index (κ1) is 15.6. The number of benzene rings is 1. The van der Waals surface area contributed by atoms with E-state index in [0.29, 0.717) is 42.3 Å². The number of hydrogen-bond donors (Lipinski definition) is 1. The zero-order chi connectivity index (χ0) is 16.4. The number of carbonyl (C=O) groups excluding carboxylic acids is 1. The van der Waals surface area contributed by atoms with E-state index in [2.05, 4.69) is 10.2 Å². The molecule has 8 heteroatoms. The van der Waals surface area contributed by atoms with Gasteiger partial charge in [0.15, 0.2) is 0 Å². The molecule has 7 nitrogen and oxygen atoms in total. The fourth-order valence-electron chi connectivity index (χ4n) is 2.85. The summed E-state index contributed by atoms with van der Waals surface area (Å²) in [6, 6.07) is 5.05. The molecule has 2 aromatic rings. The van der Waals surface area contributed by atoms with Crippen LogP contribution in [0, 0.1) is 0 Å². The van der Waals surface area contributed by atoms with Crippen molar-refractivity contribution < 1.29 is 9.53 Å². The summed E-state index contributed by atoms with van der Waals surface area (Å²) in [6.07, 6.45) is 2.93. The van der Waals surface area contributed by atoms with E-state index < -0.39 is 0 Å². The summed E-state index contributed by atoms with van der Waals surface area (Å²) in [5, 5.41) is 6.60. The fraction of sp³-hybridized carbons (Fsp3) is 0.400. The van der Waals surface area contributed by atoms with Crippen molar-refractivity contribution in [3.63, 3.8) is 0 Å². The molecule has 0 radical (unpaired) electrons. The first-order valence-corrected chi connectivity index (χ1v) is 7.71. The number of amides is 1. The van der Waals surface area contributed by atoms with E-state index in [1.54, 1.807) is 27.7 Å². The van der Waals surface area contributed by atoms with Gasteiger partial charge >= 0.3 is 5.69 Å². The van der Waals surface area contributed by atoms with Crippen molar-refractivity contribution >= 4 is 17.5 Å². The second-order valence-electron chi connectivity index (χ2n) is 5.47. The number of H-pyrrole nitrogens is 1. The van der Waals surface area contributed by atoms with Crippen molar-refractivity contribution in [3.05, 3.63) is 45.6 Å². The monoisotopic (exact) mass is 336 g/mol. The Morgan fingerprint density at radius 1 is 1.35 bits per heavy atom. The van der Waals surface area contributed by atoms with Crippen LogP contribution < -0.4 is 10.4 Å². The largest absolute Gasteiger partial charge is 0.497 e. The lowest BCUT2D eigenvalue weighted by Gasteiger charge is -2.32. The zero-order valence-corrected chi connectivity index (χ0v) is 13.4. The summed E-state index contributed by atoms with van der Waals surface area (Å²) in [7, 11) is 1.54. The quantitative estimate of drug-likeness (QED) is 0.925. The summed E-state index contributed by atoms with van der Waals surface area (Å²) in [5.41, 5.74) is 0.294. The highest BCUT2D eigenvalue weighted by Crippen LogP contribution is 2.25. The summed E-state index contributed by atoms with van der Waals surface area (Å²) in [6.45, 7) is 1.16. The van der Waals surface area contributed by atoms with Gasteiger partial charge in [-0.05, 0) is 31.0 Å². The van der Waals surface area contributed by atoms with E-state index in [0.717, 1.165) is 0 Å². The SMILES string of the molecule is COc1cc(Cl)cc(C(=O)N2CCC(n3cn[nH]c3=O)CC2)c1. The Bertz CT molecular complexity index is 762. The van der Waals surface area contributed by atoms with E-state index in [-0.39, 0.29) is 17.6 Å². The molecule has 0 spiro atoms. The first-order valence-electron chi connectivity index (χ1n) is 7.34. The lowest BCUT2D eigenvalue weighted by molar-refractivity contribution is 0.0693. The molecule has 1 N–H and O–H groups in total. The van der Waals surface area contributed by atoms with Crippen LogP contribution in [0.3, 0.4) is 0 Å². The third-order valence-electron chi connectivity index (χ3n) is 4.08.